The molecule has 0 aromatic heterocycles. The Morgan fingerprint density at radius 3 is 2.05 bits per heavy atom. The van der Waals surface area contributed by atoms with Crippen LogP contribution in [-0.2, 0) is 14.3 Å². The molecule has 0 aliphatic rings. The lowest BCUT2D eigenvalue weighted by molar-refractivity contribution is -0.143. The minimum absolute atomic E-state index is 0.137. The highest BCUT2D eigenvalue weighted by molar-refractivity contribution is 5.86. The van der Waals surface area contributed by atoms with E-state index in [2.05, 4.69) is 10.1 Å². The van der Waals surface area contributed by atoms with Crippen LogP contribution in [-0.4, -0.2) is 54.0 Å². The van der Waals surface area contributed by atoms with E-state index in [-0.39, 0.29) is 5.92 Å². The molecular weight excluding hydrogens is 256 g/mol. The number of rotatable bonds is 7. The summed E-state index contributed by atoms with van der Waals surface area (Å²) >= 11 is 0. The highest BCUT2D eigenvalue weighted by Gasteiger charge is 2.25. The lowest BCUT2D eigenvalue weighted by Crippen LogP contribution is -2.52. The maximum absolute atomic E-state index is 11.5. The van der Waals surface area contributed by atoms with E-state index in [1.807, 2.05) is 19.2 Å². The van der Waals surface area contributed by atoms with Crippen LogP contribution in [0.5, 0.6) is 0 Å². The molecule has 8 heteroatoms. The van der Waals surface area contributed by atoms with Gasteiger partial charge in [-0.05, 0) is 12.3 Å². The summed E-state index contributed by atoms with van der Waals surface area (Å²) in [7, 11) is 1.20. The Bertz CT molecular complexity index is 331. The molecule has 0 aromatic rings. The molecule has 1 unspecified atom stereocenters. The van der Waals surface area contributed by atoms with Crippen molar-refractivity contribution >= 4 is 18.0 Å². The smallest absolute Gasteiger partial charge is 0.328 e. The SMILES string of the molecule is COC(=O)C(CC(C)C)NC(=O)N[C@H](CO)C(=O)O. The highest BCUT2D eigenvalue weighted by atomic mass is 16.5. The Hall–Kier alpha value is -1.83. The zero-order valence-electron chi connectivity index (χ0n) is 11.2. The number of nitrogens with one attached hydrogen (secondary N) is 2. The second kappa shape index (κ2) is 8.30. The number of urea groups is 1. The molecule has 4 N–H and O–H groups in total. The second-order valence-corrected chi connectivity index (χ2v) is 4.40. The predicted molar refractivity (Wildman–Crippen MR) is 65.4 cm³/mol. The average molecular weight is 276 g/mol. The van der Waals surface area contributed by atoms with Gasteiger partial charge in [0, 0.05) is 0 Å². The van der Waals surface area contributed by atoms with Gasteiger partial charge in [0.05, 0.1) is 13.7 Å². The zero-order chi connectivity index (χ0) is 15.0. The summed E-state index contributed by atoms with van der Waals surface area (Å²) in [4.78, 5) is 33.6. The van der Waals surface area contributed by atoms with Gasteiger partial charge in [0.15, 0.2) is 6.04 Å². The van der Waals surface area contributed by atoms with Gasteiger partial charge in [-0.3, -0.25) is 0 Å². The Morgan fingerprint density at radius 1 is 1.16 bits per heavy atom. The van der Waals surface area contributed by atoms with Crippen LogP contribution in [0.3, 0.4) is 0 Å². The van der Waals surface area contributed by atoms with Gasteiger partial charge in [-0.25, -0.2) is 14.4 Å². The first-order valence-corrected chi connectivity index (χ1v) is 5.80. The number of carboxylic acid groups (broad SMARTS) is 1. The van der Waals surface area contributed by atoms with Crippen molar-refractivity contribution in [2.75, 3.05) is 13.7 Å². The zero-order valence-corrected chi connectivity index (χ0v) is 11.2. The number of hydrogen-bond acceptors (Lipinski definition) is 5. The second-order valence-electron chi connectivity index (χ2n) is 4.40. The summed E-state index contributed by atoms with van der Waals surface area (Å²) in [6, 6.07) is -3.13. The summed E-state index contributed by atoms with van der Waals surface area (Å²) in [5.74, 6) is -1.84. The van der Waals surface area contributed by atoms with Crippen LogP contribution < -0.4 is 10.6 Å². The van der Waals surface area contributed by atoms with Crippen molar-refractivity contribution in [1.29, 1.82) is 0 Å². The number of aliphatic carboxylic acids is 1. The van der Waals surface area contributed by atoms with E-state index in [1.165, 1.54) is 7.11 Å². The van der Waals surface area contributed by atoms with Crippen LogP contribution >= 0.6 is 0 Å². The normalized spacial score (nSPS) is 13.5. The molecule has 0 heterocycles. The van der Waals surface area contributed by atoms with Gasteiger partial charge < -0.3 is 25.6 Å². The van der Waals surface area contributed by atoms with Crippen molar-refractivity contribution in [1.82, 2.24) is 10.6 Å². The van der Waals surface area contributed by atoms with Gasteiger partial charge in [-0.15, -0.1) is 0 Å². The van der Waals surface area contributed by atoms with Crippen molar-refractivity contribution in [2.45, 2.75) is 32.4 Å². The quantitative estimate of drug-likeness (QED) is 0.456. The number of aliphatic hydroxyl groups excluding tert-OH is 1. The third-order valence-electron chi connectivity index (χ3n) is 2.28. The number of ether oxygens (including phenoxy) is 1. The van der Waals surface area contributed by atoms with E-state index in [0.717, 1.165) is 0 Å². The Balaban J connectivity index is 4.53. The number of methoxy groups -OCH3 is 1. The number of carbonyl (C=O) groups is 3. The fraction of sp³-hybridized carbons (Fsp3) is 0.727. The summed E-state index contributed by atoms with van der Waals surface area (Å²) in [6.45, 7) is 2.99. The molecule has 19 heavy (non-hydrogen) atoms. The molecule has 0 spiro atoms. The number of amides is 2. The van der Waals surface area contributed by atoms with Gasteiger partial charge in [0.25, 0.3) is 0 Å². The van der Waals surface area contributed by atoms with Gasteiger partial charge in [0.1, 0.15) is 6.04 Å². The van der Waals surface area contributed by atoms with Crippen LogP contribution in [0.1, 0.15) is 20.3 Å². The fourth-order valence-electron chi connectivity index (χ4n) is 1.37. The Morgan fingerprint density at radius 2 is 1.68 bits per heavy atom. The molecule has 0 aromatic carbocycles. The first kappa shape index (κ1) is 17.2. The largest absolute Gasteiger partial charge is 0.480 e. The molecule has 0 aliphatic carbocycles. The third-order valence-corrected chi connectivity index (χ3v) is 2.28. The minimum atomic E-state index is -1.42. The monoisotopic (exact) mass is 276 g/mol. The number of carboxylic acids is 1. The lowest BCUT2D eigenvalue weighted by atomic mass is 10.0. The number of aliphatic hydroxyl groups is 1. The van der Waals surface area contributed by atoms with Gasteiger partial charge in [0.2, 0.25) is 0 Å². The van der Waals surface area contributed by atoms with Crippen molar-refractivity contribution in [2.24, 2.45) is 5.92 Å². The fourth-order valence-corrected chi connectivity index (χ4v) is 1.37. The average Bonchev–Trinajstić information content (AvgIpc) is 2.33. The molecule has 2 amide bonds. The molecule has 0 bridgehead atoms. The maximum Gasteiger partial charge on any atom is 0.328 e. The molecule has 0 saturated heterocycles. The van der Waals surface area contributed by atoms with E-state index >= 15 is 0 Å². The number of carbonyl (C=O) groups excluding carboxylic acids is 2. The molecule has 0 saturated carbocycles. The highest BCUT2D eigenvalue weighted by Crippen LogP contribution is 2.06. The van der Waals surface area contributed by atoms with Crippen LogP contribution in [0.4, 0.5) is 4.79 Å². The molecule has 2 atom stereocenters. The predicted octanol–water partition coefficient (Wildman–Crippen LogP) is -0.681. The van der Waals surface area contributed by atoms with E-state index in [4.69, 9.17) is 10.2 Å². The van der Waals surface area contributed by atoms with Crippen molar-refractivity contribution in [3.63, 3.8) is 0 Å². The van der Waals surface area contributed by atoms with E-state index in [9.17, 15) is 14.4 Å². The lowest BCUT2D eigenvalue weighted by Gasteiger charge is -2.20. The molecular formula is C11H20N2O6. The maximum atomic E-state index is 11.5. The van der Waals surface area contributed by atoms with Gasteiger partial charge in [-0.1, -0.05) is 13.8 Å². The van der Waals surface area contributed by atoms with E-state index in [0.29, 0.717) is 6.42 Å². The number of hydrogen-bond donors (Lipinski definition) is 4. The Kier molecular flexibility index (Phi) is 7.50. The topological polar surface area (TPSA) is 125 Å². The Labute approximate surface area is 111 Å². The van der Waals surface area contributed by atoms with Gasteiger partial charge >= 0.3 is 18.0 Å². The summed E-state index contributed by atoms with van der Waals surface area (Å²) in [5, 5.41) is 21.8. The van der Waals surface area contributed by atoms with Crippen molar-refractivity contribution in [3.8, 4) is 0 Å². The van der Waals surface area contributed by atoms with Crippen LogP contribution in [0.25, 0.3) is 0 Å². The molecule has 8 nitrogen and oxygen atoms in total. The molecule has 0 rings (SSSR count). The van der Waals surface area contributed by atoms with Crippen molar-refractivity contribution in [3.05, 3.63) is 0 Å². The summed E-state index contributed by atoms with van der Waals surface area (Å²) in [5.41, 5.74) is 0. The molecule has 0 radical (unpaired) electrons. The van der Waals surface area contributed by atoms with E-state index < -0.39 is 36.7 Å². The van der Waals surface area contributed by atoms with Crippen LogP contribution in [0.15, 0.2) is 0 Å². The van der Waals surface area contributed by atoms with Crippen molar-refractivity contribution < 1.29 is 29.3 Å². The standard InChI is InChI=1S/C11H20N2O6/c1-6(2)4-7(10(17)19-3)12-11(18)13-8(5-14)9(15)16/h6-8,14H,4-5H2,1-3H3,(H,15,16)(H2,12,13,18)/t7?,8-/m1/s1. The third kappa shape index (κ3) is 6.61. The molecule has 0 fully saturated rings. The molecule has 110 valence electrons. The van der Waals surface area contributed by atoms with E-state index in [1.54, 1.807) is 0 Å². The number of esters is 1. The molecule has 0 aliphatic heterocycles. The first-order valence-electron chi connectivity index (χ1n) is 5.80. The minimum Gasteiger partial charge on any atom is -0.480 e. The van der Waals surface area contributed by atoms with Gasteiger partial charge in [-0.2, -0.15) is 0 Å². The van der Waals surface area contributed by atoms with Crippen LogP contribution in [0.2, 0.25) is 0 Å². The first-order chi connectivity index (χ1) is 8.81. The summed E-state index contributed by atoms with van der Waals surface area (Å²) < 4.78 is 4.55. The van der Waals surface area contributed by atoms with Crippen LogP contribution in [0, 0.1) is 5.92 Å². The summed E-state index contributed by atoms with van der Waals surface area (Å²) in [6.07, 6.45) is 0.358.